The number of nitrogens with zero attached hydrogens (tertiary/aromatic N) is 2. The molecule has 5 heteroatoms. The van der Waals surface area contributed by atoms with E-state index in [2.05, 4.69) is 29.8 Å². The molecule has 2 unspecified atom stereocenters. The van der Waals surface area contributed by atoms with Crippen molar-refractivity contribution in [3.05, 3.63) is 30.1 Å². The van der Waals surface area contributed by atoms with E-state index in [9.17, 15) is 4.79 Å². The van der Waals surface area contributed by atoms with Crippen LogP contribution in [0, 0.1) is 0 Å². The highest BCUT2D eigenvalue weighted by Crippen LogP contribution is 2.25. The molecule has 0 aliphatic carbocycles. The molecule has 130 valence electrons. The van der Waals surface area contributed by atoms with Crippen molar-refractivity contribution in [2.45, 2.75) is 64.6 Å². The van der Waals surface area contributed by atoms with Gasteiger partial charge in [0.25, 0.3) is 0 Å². The quantitative estimate of drug-likeness (QED) is 0.878. The standard InChI is InChI=1S/C19H27N3O2/c1-13(2)22-17-9-5-4-8-16(17)21-19(22)14(3)20-18(23)11-10-15-7-6-12-24-15/h4-5,8-9,13-15H,6-7,10-12H2,1-3H3,(H,20,23). The Morgan fingerprint density at radius 1 is 1.38 bits per heavy atom. The van der Waals surface area contributed by atoms with Crippen LogP contribution >= 0.6 is 0 Å². The van der Waals surface area contributed by atoms with Gasteiger partial charge >= 0.3 is 0 Å². The number of benzene rings is 1. The minimum Gasteiger partial charge on any atom is -0.378 e. The molecule has 1 aromatic heterocycles. The predicted molar refractivity (Wildman–Crippen MR) is 94.9 cm³/mol. The summed E-state index contributed by atoms with van der Waals surface area (Å²) in [6, 6.07) is 8.30. The van der Waals surface area contributed by atoms with Gasteiger partial charge in [-0.25, -0.2) is 4.98 Å². The lowest BCUT2D eigenvalue weighted by molar-refractivity contribution is -0.122. The Morgan fingerprint density at radius 3 is 2.88 bits per heavy atom. The van der Waals surface area contributed by atoms with Crippen LogP contribution in [-0.4, -0.2) is 28.2 Å². The number of hydrogen-bond donors (Lipinski definition) is 1. The number of nitrogens with one attached hydrogen (secondary N) is 1. The Balaban J connectivity index is 1.69. The third-order valence-electron chi connectivity index (χ3n) is 4.62. The largest absolute Gasteiger partial charge is 0.378 e. The second-order valence-corrected chi connectivity index (χ2v) is 6.89. The van der Waals surface area contributed by atoms with E-state index in [0.29, 0.717) is 12.5 Å². The first-order valence-corrected chi connectivity index (χ1v) is 8.94. The van der Waals surface area contributed by atoms with E-state index >= 15 is 0 Å². The van der Waals surface area contributed by atoms with Gasteiger partial charge in [-0.3, -0.25) is 4.79 Å². The van der Waals surface area contributed by atoms with E-state index in [4.69, 9.17) is 9.72 Å². The van der Waals surface area contributed by atoms with Crippen molar-refractivity contribution in [2.75, 3.05) is 6.61 Å². The number of para-hydroxylation sites is 2. The van der Waals surface area contributed by atoms with Gasteiger partial charge in [0.05, 0.1) is 23.2 Å². The minimum atomic E-state index is -0.114. The number of carbonyl (C=O) groups excluding carboxylic acids is 1. The van der Waals surface area contributed by atoms with Crippen LogP contribution in [0.25, 0.3) is 11.0 Å². The Hall–Kier alpha value is -1.88. The summed E-state index contributed by atoms with van der Waals surface area (Å²) in [6.45, 7) is 7.12. The number of rotatable bonds is 6. The van der Waals surface area contributed by atoms with Crippen LogP contribution in [0.2, 0.25) is 0 Å². The summed E-state index contributed by atoms with van der Waals surface area (Å²) in [5.74, 6) is 0.983. The number of aromatic nitrogens is 2. The van der Waals surface area contributed by atoms with Gasteiger partial charge in [0.15, 0.2) is 0 Å². The number of carbonyl (C=O) groups is 1. The van der Waals surface area contributed by atoms with Crippen molar-refractivity contribution in [1.82, 2.24) is 14.9 Å². The lowest BCUT2D eigenvalue weighted by Crippen LogP contribution is -2.29. The second-order valence-electron chi connectivity index (χ2n) is 6.89. The second kappa shape index (κ2) is 7.34. The molecule has 1 aromatic carbocycles. The fourth-order valence-corrected chi connectivity index (χ4v) is 3.45. The highest BCUT2D eigenvalue weighted by Gasteiger charge is 2.21. The average molecular weight is 329 g/mol. The van der Waals surface area contributed by atoms with Gasteiger partial charge in [-0.05, 0) is 52.2 Å². The van der Waals surface area contributed by atoms with Gasteiger partial charge in [-0.15, -0.1) is 0 Å². The topological polar surface area (TPSA) is 56.1 Å². The van der Waals surface area contributed by atoms with Crippen molar-refractivity contribution in [3.63, 3.8) is 0 Å². The van der Waals surface area contributed by atoms with Crippen molar-refractivity contribution < 1.29 is 9.53 Å². The lowest BCUT2D eigenvalue weighted by Gasteiger charge is -2.19. The van der Waals surface area contributed by atoms with Crippen LogP contribution < -0.4 is 5.32 Å². The van der Waals surface area contributed by atoms with Gasteiger partial charge in [0.1, 0.15) is 5.82 Å². The van der Waals surface area contributed by atoms with Crippen LogP contribution in [-0.2, 0) is 9.53 Å². The molecule has 1 aliphatic heterocycles. The monoisotopic (exact) mass is 329 g/mol. The number of fused-ring (bicyclic) bond motifs is 1. The average Bonchev–Trinajstić information content (AvgIpc) is 3.20. The van der Waals surface area contributed by atoms with Crippen LogP contribution in [0.3, 0.4) is 0 Å². The van der Waals surface area contributed by atoms with Gasteiger partial charge in [0, 0.05) is 19.1 Å². The first kappa shape index (κ1) is 17.0. The van der Waals surface area contributed by atoms with E-state index in [1.165, 1.54) is 0 Å². The maximum Gasteiger partial charge on any atom is 0.220 e. The third kappa shape index (κ3) is 3.61. The minimum absolute atomic E-state index is 0.0698. The van der Waals surface area contributed by atoms with Gasteiger partial charge in [0.2, 0.25) is 5.91 Å². The zero-order valence-electron chi connectivity index (χ0n) is 14.8. The maximum atomic E-state index is 12.3. The summed E-state index contributed by atoms with van der Waals surface area (Å²) in [4.78, 5) is 17.0. The van der Waals surface area contributed by atoms with E-state index in [-0.39, 0.29) is 18.1 Å². The summed E-state index contributed by atoms with van der Waals surface area (Å²) in [6.07, 6.45) is 3.76. The van der Waals surface area contributed by atoms with Crippen molar-refractivity contribution in [1.29, 1.82) is 0 Å². The molecule has 24 heavy (non-hydrogen) atoms. The molecule has 0 bridgehead atoms. The summed E-state index contributed by atoms with van der Waals surface area (Å²) < 4.78 is 7.80. The molecule has 1 aliphatic rings. The van der Waals surface area contributed by atoms with Crippen molar-refractivity contribution in [3.8, 4) is 0 Å². The summed E-state index contributed by atoms with van der Waals surface area (Å²) in [7, 11) is 0. The molecule has 1 fully saturated rings. The van der Waals surface area contributed by atoms with E-state index < -0.39 is 0 Å². The first-order valence-electron chi connectivity index (χ1n) is 8.94. The summed E-state index contributed by atoms with van der Waals surface area (Å²) in [5, 5.41) is 3.10. The van der Waals surface area contributed by atoms with Gasteiger partial charge in [-0.2, -0.15) is 0 Å². The van der Waals surface area contributed by atoms with E-state index in [1.54, 1.807) is 0 Å². The summed E-state index contributed by atoms with van der Waals surface area (Å²) >= 11 is 0. The predicted octanol–water partition coefficient (Wildman–Crippen LogP) is 3.75. The molecule has 2 atom stereocenters. The molecule has 5 nitrogen and oxygen atoms in total. The van der Waals surface area contributed by atoms with E-state index in [1.807, 2.05) is 25.1 Å². The molecule has 0 spiro atoms. The molecule has 3 rings (SSSR count). The fraction of sp³-hybridized carbons (Fsp3) is 0.579. The van der Waals surface area contributed by atoms with Crippen LogP contribution in [0.1, 0.15) is 64.4 Å². The molecular weight excluding hydrogens is 302 g/mol. The number of imidazole rings is 1. The van der Waals surface area contributed by atoms with Crippen molar-refractivity contribution >= 4 is 16.9 Å². The van der Waals surface area contributed by atoms with E-state index in [0.717, 1.165) is 42.7 Å². The van der Waals surface area contributed by atoms with Gasteiger partial charge < -0.3 is 14.6 Å². The molecule has 1 saturated heterocycles. The highest BCUT2D eigenvalue weighted by atomic mass is 16.5. The highest BCUT2D eigenvalue weighted by molar-refractivity contribution is 5.78. The fourth-order valence-electron chi connectivity index (χ4n) is 3.45. The van der Waals surface area contributed by atoms with Crippen LogP contribution in [0.5, 0.6) is 0 Å². The Labute approximate surface area is 143 Å². The maximum absolute atomic E-state index is 12.3. The van der Waals surface area contributed by atoms with Crippen molar-refractivity contribution in [2.24, 2.45) is 0 Å². The zero-order valence-corrected chi connectivity index (χ0v) is 14.8. The molecular formula is C19H27N3O2. The molecule has 0 radical (unpaired) electrons. The number of amides is 1. The summed E-state index contributed by atoms with van der Waals surface area (Å²) in [5.41, 5.74) is 2.09. The van der Waals surface area contributed by atoms with Crippen LogP contribution in [0.15, 0.2) is 24.3 Å². The molecule has 1 N–H and O–H groups in total. The smallest absolute Gasteiger partial charge is 0.220 e. The Kier molecular flexibility index (Phi) is 5.19. The molecule has 0 saturated carbocycles. The Bertz CT molecular complexity index is 702. The lowest BCUT2D eigenvalue weighted by atomic mass is 10.1. The number of hydrogen-bond acceptors (Lipinski definition) is 3. The number of ether oxygens (including phenoxy) is 1. The molecule has 2 aromatic rings. The molecule has 2 heterocycles. The Morgan fingerprint density at radius 2 is 2.17 bits per heavy atom. The normalized spacial score (nSPS) is 19.1. The third-order valence-corrected chi connectivity index (χ3v) is 4.62. The van der Waals surface area contributed by atoms with Crippen LogP contribution in [0.4, 0.5) is 0 Å². The first-order chi connectivity index (χ1) is 11.6. The van der Waals surface area contributed by atoms with Gasteiger partial charge in [-0.1, -0.05) is 12.1 Å². The zero-order chi connectivity index (χ0) is 17.1. The molecule has 1 amide bonds. The SMILES string of the molecule is CC(NC(=O)CCC1CCCO1)c1nc2ccccc2n1C(C)C.